The molecule has 2 heterocycles. The first-order valence-corrected chi connectivity index (χ1v) is 6.99. The van der Waals surface area contributed by atoms with Crippen LogP contribution in [-0.2, 0) is 17.8 Å². The number of benzene rings is 1. The predicted molar refractivity (Wildman–Crippen MR) is 77.9 cm³/mol. The number of aromatic nitrogens is 2. The topological polar surface area (TPSA) is 62.5 Å². The number of fused-ring (bicyclic) bond motifs is 1. The Hall–Kier alpha value is -2.37. The zero-order valence-electron chi connectivity index (χ0n) is 12.2. The zero-order chi connectivity index (χ0) is 14.8. The number of amides is 1. The monoisotopic (exact) mass is 286 g/mol. The molecule has 0 saturated heterocycles. The standard InChI is InChI=1S/C15H18N4O2/c1-11-16-17-14(21-11)9-15(20)19-8-7-18(2)13-6-4-3-5-12(13)10-19/h3-6H,7-10H2,1-2H3. The average Bonchev–Trinajstić information content (AvgIpc) is 2.79. The second kappa shape index (κ2) is 5.55. The van der Waals surface area contributed by atoms with Gasteiger partial charge in [0.05, 0.1) is 0 Å². The first-order valence-electron chi connectivity index (χ1n) is 6.99. The van der Waals surface area contributed by atoms with Crippen LogP contribution in [0.2, 0.25) is 0 Å². The summed E-state index contributed by atoms with van der Waals surface area (Å²) in [7, 11) is 2.05. The number of carbonyl (C=O) groups excluding carboxylic acids is 1. The third-order valence-corrected chi connectivity index (χ3v) is 3.69. The summed E-state index contributed by atoms with van der Waals surface area (Å²) < 4.78 is 5.29. The summed E-state index contributed by atoms with van der Waals surface area (Å²) in [5.41, 5.74) is 2.34. The fourth-order valence-electron chi connectivity index (χ4n) is 2.56. The van der Waals surface area contributed by atoms with Gasteiger partial charge >= 0.3 is 0 Å². The van der Waals surface area contributed by atoms with Crippen molar-refractivity contribution >= 4 is 11.6 Å². The number of nitrogens with zero attached hydrogens (tertiary/aromatic N) is 4. The average molecular weight is 286 g/mol. The highest BCUT2D eigenvalue weighted by Gasteiger charge is 2.22. The number of para-hydroxylation sites is 1. The molecule has 1 aromatic carbocycles. The maximum atomic E-state index is 12.4. The number of rotatable bonds is 2. The maximum absolute atomic E-state index is 12.4. The molecule has 6 heteroatoms. The minimum atomic E-state index is 0.0174. The van der Waals surface area contributed by atoms with Crippen LogP contribution in [-0.4, -0.2) is 41.1 Å². The van der Waals surface area contributed by atoms with Gasteiger partial charge in [-0.2, -0.15) is 0 Å². The molecule has 2 aromatic rings. The lowest BCUT2D eigenvalue weighted by molar-refractivity contribution is -0.131. The van der Waals surface area contributed by atoms with Crippen molar-refractivity contribution in [2.75, 3.05) is 25.0 Å². The molecular formula is C15H18N4O2. The van der Waals surface area contributed by atoms with Gasteiger partial charge in [0.25, 0.3) is 0 Å². The highest BCUT2D eigenvalue weighted by molar-refractivity contribution is 5.78. The summed E-state index contributed by atoms with van der Waals surface area (Å²) in [5.74, 6) is 0.880. The molecule has 110 valence electrons. The molecule has 3 rings (SSSR count). The van der Waals surface area contributed by atoms with Gasteiger partial charge in [0.2, 0.25) is 17.7 Å². The molecule has 1 aromatic heterocycles. The lowest BCUT2D eigenvalue weighted by Gasteiger charge is -2.20. The molecule has 0 fully saturated rings. The van der Waals surface area contributed by atoms with Gasteiger partial charge in [-0.15, -0.1) is 10.2 Å². The van der Waals surface area contributed by atoms with Gasteiger partial charge < -0.3 is 14.2 Å². The lowest BCUT2D eigenvalue weighted by atomic mass is 10.1. The van der Waals surface area contributed by atoms with Gasteiger partial charge in [0.1, 0.15) is 6.42 Å². The minimum Gasteiger partial charge on any atom is -0.425 e. The van der Waals surface area contributed by atoms with Gasteiger partial charge in [0, 0.05) is 39.3 Å². The second-order valence-electron chi connectivity index (χ2n) is 5.26. The largest absolute Gasteiger partial charge is 0.425 e. The molecule has 6 nitrogen and oxygen atoms in total. The summed E-state index contributed by atoms with van der Waals surface area (Å²) in [6.45, 7) is 3.84. The van der Waals surface area contributed by atoms with Crippen molar-refractivity contribution in [3.05, 3.63) is 41.6 Å². The van der Waals surface area contributed by atoms with Crippen LogP contribution in [0.1, 0.15) is 17.3 Å². The van der Waals surface area contributed by atoms with Crippen LogP contribution < -0.4 is 4.90 Å². The van der Waals surface area contributed by atoms with Gasteiger partial charge in [0.15, 0.2) is 0 Å². The van der Waals surface area contributed by atoms with Crippen LogP contribution in [0.5, 0.6) is 0 Å². The van der Waals surface area contributed by atoms with E-state index < -0.39 is 0 Å². The van der Waals surface area contributed by atoms with Crippen LogP contribution in [0.3, 0.4) is 0 Å². The van der Waals surface area contributed by atoms with E-state index in [1.54, 1.807) is 6.92 Å². The summed E-state index contributed by atoms with van der Waals surface area (Å²) in [4.78, 5) is 16.5. The molecular weight excluding hydrogens is 268 g/mol. The van der Waals surface area contributed by atoms with E-state index in [-0.39, 0.29) is 12.3 Å². The number of anilines is 1. The van der Waals surface area contributed by atoms with E-state index >= 15 is 0 Å². The molecule has 1 aliphatic rings. The van der Waals surface area contributed by atoms with Gasteiger partial charge in [-0.25, -0.2) is 0 Å². The van der Waals surface area contributed by atoms with E-state index in [1.165, 1.54) is 5.69 Å². The second-order valence-corrected chi connectivity index (χ2v) is 5.26. The molecule has 0 atom stereocenters. The molecule has 0 spiro atoms. The van der Waals surface area contributed by atoms with Crippen molar-refractivity contribution in [1.29, 1.82) is 0 Å². The number of aryl methyl sites for hydroxylation is 1. The molecule has 0 radical (unpaired) electrons. The van der Waals surface area contributed by atoms with Crippen molar-refractivity contribution in [1.82, 2.24) is 15.1 Å². The smallest absolute Gasteiger partial charge is 0.232 e. The van der Waals surface area contributed by atoms with Crippen molar-refractivity contribution in [2.24, 2.45) is 0 Å². The predicted octanol–water partition coefficient (Wildman–Crippen LogP) is 1.40. The molecule has 0 N–H and O–H groups in total. The van der Waals surface area contributed by atoms with Crippen molar-refractivity contribution in [2.45, 2.75) is 19.9 Å². The van der Waals surface area contributed by atoms with Gasteiger partial charge in [-0.05, 0) is 11.6 Å². The third kappa shape index (κ3) is 2.89. The van der Waals surface area contributed by atoms with Crippen molar-refractivity contribution in [3.8, 4) is 0 Å². The van der Waals surface area contributed by atoms with Crippen LogP contribution in [0.4, 0.5) is 5.69 Å². The Kier molecular flexibility index (Phi) is 3.60. The fraction of sp³-hybridized carbons (Fsp3) is 0.400. The highest BCUT2D eigenvalue weighted by Crippen LogP contribution is 2.23. The summed E-state index contributed by atoms with van der Waals surface area (Å²) >= 11 is 0. The van der Waals surface area contributed by atoms with E-state index in [2.05, 4.69) is 27.2 Å². The van der Waals surface area contributed by atoms with E-state index in [9.17, 15) is 4.79 Å². The summed E-state index contributed by atoms with van der Waals surface area (Å²) in [6.07, 6.45) is 0.159. The van der Waals surface area contributed by atoms with Gasteiger partial charge in [-0.1, -0.05) is 18.2 Å². The molecule has 0 unspecified atom stereocenters. The Balaban J connectivity index is 1.76. The first kappa shape index (κ1) is 13.6. The summed E-state index contributed by atoms with van der Waals surface area (Å²) in [6, 6.07) is 8.18. The number of hydrogen-bond acceptors (Lipinski definition) is 5. The molecule has 0 saturated carbocycles. The van der Waals surface area contributed by atoms with Crippen molar-refractivity contribution < 1.29 is 9.21 Å². The van der Waals surface area contributed by atoms with Crippen LogP contribution in [0.15, 0.2) is 28.7 Å². The Morgan fingerprint density at radius 3 is 2.86 bits per heavy atom. The normalized spacial score (nSPS) is 14.8. The number of hydrogen-bond donors (Lipinski definition) is 0. The Morgan fingerprint density at radius 2 is 2.10 bits per heavy atom. The van der Waals surface area contributed by atoms with E-state index in [4.69, 9.17) is 4.42 Å². The third-order valence-electron chi connectivity index (χ3n) is 3.69. The Bertz CT molecular complexity index is 653. The van der Waals surface area contributed by atoms with E-state index in [0.29, 0.717) is 24.9 Å². The number of carbonyl (C=O) groups is 1. The molecule has 1 aliphatic heterocycles. The fourth-order valence-corrected chi connectivity index (χ4v) is 2.56. The highest BCUT2D eigenvalue weighted by atomic mass is 16.4. The lowest BCUT2D eigenvalue weighted by Crippen LogP contribution is -2.35. The molecule has 0 bridgehead atoms. The molecule has 0 aliphatic carbocycles. The SMILES string of the molecule is Cc1nnc(CC(=O)N2CCN(C)c3ccccc3C2)o1. The van der Waals surface area contributed by atoms with Crippen LogP contribution in [0.25, 0.3) is 0 Å². The summed E-state index contributed by atoms with van der Waals surface area (Å²) in [5, 5.41) is 7.64. The van der Waals surface area contributed by atoms with E-state index in [0.717, 1.165) is 12.1 Å². The minimum absolute atomic E-state index is 0.0174. The first-order chi connectivity index (χ1) is 10.1. The molecule has 21 heavy (non-hydrogen) atoms. The van der Waals surface area contributed by atoms with Crippen LogP contribution >= 0.6 is 0 Å². The number of likely N-dealkylation sites (N-methyl/N-ethyl adjacent to an activating group) is 1. The Morgan fingerprint density at radius 1 is 1.29 bits per heavy atom. The maximum Gasteiger partial charge on any atom is 0.232 e. The molecule has 1 amide bonds. The van der Waals surface area contributed by atoms with Crippen molar-refractivity contribution in [3.63, 3.8) is 0 Å². The Labute approximate surface area is 123 Å². The van der Waals surface area contributed by atoms with Crippen LogP contribution in [0, 0.1) is 6.92 Å². The zero-order valence-corrected chi connectivity index (χ0v) is 12.2. The van der Waals surface area contributed by atoms with E-state index in [1.807, 2.05) is 24.1 Å². The van der Waals surface area contributed by atoms with Gasteiger partial charge in [-0.3, -0.25) is 4.79 Å². The quantitative estimate of drug-likeness (QED) is 0.835.